The summed E-state index contributed by atoms with van der Waals surface area (Å²) in [4.78, 5) is 20.1. The highest BCUT2D eigenvalue weighted by molar-refractivity contribution is 5.82. The van der Waals surface area contributed by atoms with Gasteiger partial charge in [0.2, 0.25) is 0 Å². The normalized spacial score (nSPS) is 11.4. The van der Waals surface area contributed by atoms with Crippen LogP contribution in [0.5, 0.6) is 5.75 Å². The predicted molar refractivity (Wildman–Crippen MR) is 154 cm³/mol. The molecule has 0 saturated heterocycles. The van der Waals surface area contributed by atoms with E-state index in [1.54, 1.807) is 18.2 Å². The van der Waals surface area contributed by atoms with Crippen molar-refractivity contribution in [3.05, 3.63) is 126 Å². The number of aromatic nitrogens is 6. The van der Waals surface area contributed by atoms with E-state index in [1.165, 1.54) is 47.0 Å². The van der Waals surface area contributed by atoms with Crippen LogP contribution in [0.15, 0.2) is 108 Å². The molecule has 0 fully saturated rings. The van der Waals surface area contributed by atoms with Crippen LogP contribution in [-0.4, -0.2) is 40.7 Å². The second-order valence-corrected chi connectivity index (χ2v) is 10.0. The van der Waals surface area contributed by atoms with Gasteiger partial charge in [-0.1, -0.05) is 36.4 Å². The smallest absolute Gasteiger partial charge is 0.200 e. The Morgan fingerprint density at radius 3 is 2.19 bits per heavy atom. The summed E-state index contributed by atoms with van der Waals surface area (Å²) < 4.78 is 41.2. The fraction of sp³-hybridized carbons (Fsp3) is 0.194. The van der Waals surface area contributed by atoms with E-state index in [9.17, 15) is 18.7 Å². The van der Waals surface area contributed by atoms with Gasteiger partial charge in [0.25, 0.3) is 0 Å². The van der Waals surface area contributed by atoms with Crippen LogP contribution in [0.4, 0.5) is 8.78 Å². The lowest BCUT2D eigenvalue weighted by Gasteiger charge is -2.28. The van der Waals surface area contributed by atoms with Crippen LogP contribution < -0.4 is 10.2 Å². The van der Waals surface area contributed by atoms with Crippen LogP contribution in [0.2, 0.25) is 0 Å². The van der Waals surface area contributed by atoms with Gasteiger partial charge in [-0.2, -0.15) is 10.2 Å². The Morgan fingerprint density at radius 2 is 1.60 bits per heavy atom. The molecule has 1 N–H and O–H groups in total. The molecule has 220 valence electrons. The molecule has 0 saturated carbocycles. The summed E-state index contributed by atoms with van der Waals surface area (Å²) in [6.45, 7) is 3.77. The number of hydrogen-bond donors (Lipinski definition) is 1. The number of benzene rings is 3. The van der Waals surface area contributed by atoms with Gasteiger partial charge in [-0.3, -0.25) is 4.79 Å². The first-order chi connectivity index (χ1) is 20.7. The van der Waals surface area contributed by atoms with E-state index in [-0.39, 0.29) is 30.2 Å². The van der Waals surface area contributed by atoms with Gasteiger partial charge < -0.3 is 14.3 Å². The maximum Gasteiger partial charge on any atom is 0.200 e. The number of nitrogens with zero attached hydrogens (tertiary/aromatic N) is 6. The van der Waals surface area contributed by atoms with Gasteiger partial charge >= 0.3 is 0 Å². The first kappa shape index (κ1) is 29.3. The quantitative estimate of drug-likeness (QED) is 0.265. The first-order valence-corrected chi connectivity index (χ1v) is 13.3. The van der Waals surface area contributed by atoms with Gasteiger partial charge in [-0.05, 0) is 37.6 Å². The molecule has 0 amide bonds. The standard InChI is InChI=1S/C18H16O3.C13H12F2N6O/c1-12(2)21-14-8-9-15-17(10-14)20-11-16(18(15)19)13-6-4-3-5-7-13;14-10-1-2-11(12(15)3-10)13(22,4-20-8-16-6-18-20)5-21-9-17-7-19-21/h3-12H,1-2H3;1-3,6-9,22H,4-5H2. The molecule has 0 bridgehead atoms. The molecule has 6 aromatic rings. The van der Waals surface area contributed by atoms with Crippen LogP contribution in [0, 0.1) is 11.6 Å². The Bertz CT molecular complexity index is 1810. The molecular weight excluding hydrogens is 558 g/mol. The van der Waals surface area contributed by atoms with E-state index in [1.807, 2.05) is 44.2 Å². The highest BCUT2D eigenvalue weighted by Crippen LogP contribution is 2.28. The Hall–Kier alpha value is -5.23. The maximum absolute atomic E-state index is 14.1. The van der Waals surface area contributed by atoms with Crippen LogP contribution in [0.1, 0.15) is 19.4 Å². The van der Waals surface area contributed by atoms with Crippen LogP contribution in [0.25, 0.3) is 22.1 Å². The highest BCUT2D eigenvalue weighted by atomic mass is 19.1. The van der Waals surface area contributed by atoms with Crippen molar-refractivity contribution in [3.8, 4) is 16.9 Å². The summed E-state index contributed by atoms with van der Waals surface area (Å²) in [5.41, 5.74) is 0.187. The third-order valence-corrected chi connectivity index (χ3v) is 6.42. The lowest BCUT2D eigenvalue weighted by Crippen LogP contribution is -2.37. The van der Waals surface area contributed by atoms with Crippen LogP contribution in [-0.2, 0) is 18.7 Å². The minimum Gasteiger partial charge on any atom is -0.491 e. The fourth-order valence-electron chi connectivity index (χ4n) is 4.52. The van der Waals surface area contributed by atoms with Crippen LogP contribution >= 0.6 is 0 Å². The molecule has 3 aromatic carbocycles. The fourth-order valence-corrected chi connectivity index (χ4v) is 4.52. The molecule has 10 nitrogen and oxygen atoms in total. The van der Waals surface area contributed by atoms with Gasteiger partial charge in [-0.15, -0.1) is 0 Å². The minimum atomic E-state index is -1.70. The van der Waals surface area contributed by atoms with E-state index in [0.29, 0.717) is 22.3 Å². The van der Waals surface area contributed by atoms with Crippen molar-refractivity contribution in [1.29, 1.82) is 0 Å². The first-order valence-electron chi connectivity index (χ1n) is 13.3. The predicted octanol–water partition coefficient (Wildman–Crippen LogP) is 4.98. The summed E-state index contributed by atoms with van der Waals surface area (Å²) in [6, 6.07) is 17.8. The molecule has 0 radical (unpaired) electrons. The molecule has 0 aliphatic carbocycles. The molecule has 0 spiro atoms. The van der Waals surface area contributed by atoms with Gasteiger partial charge in [0.15, 0.2) is 5.43 Å². The van der Waals surface area contributed by atoms with E-state index >= 15 is 0 Å². The summed E-state index contributed by atoms with van der Waals surface area (Å²) in [5, 5.41) is 19.3. The molecule has 12 heteroatoms. The summed E-state index contributed by atoms with van der Waals surface area (Å²) in [7, 11) is 0. The van der Waals surface area contributed by atoms with E-state index in [2.05, 4.69) is 20.2 Å². The highest BCUT2D eigenvalue weighted by Gasteiger charge is 2.34. The Morgan fingerprint density at radius 1 is 0.930 bits per heavy atom. The Kier molecular flexibility index (Phi) is 8.67. The van der Waals surface area contributed by atoms with Crippen molar-refractivity contribution in [2.75, 3.05) is 0 Å². The van der Waals surface area contributed by atoms with Crippen molar-refractivity contribution in [3.63, 3.8) is 0 Å². The van der Waals surface area contributed by atoms with Gasteiger partial charge in [-0.25, -0.2) is 28.1 Å². The molecule has 6 rings (SSSR count). The molecule has 0 unspecified atom stereocenters. The summed E-state index contributed by atoms with van der Waals surface area (Å²) in [6.07, 6.45) is 6.99. The number of fused-ring (bicyclic) bond motifs is 1. The van der Waals surface area contributed by atoms with Crippen molar-refractivity contribution in [1.82, 2.24) is 29.5 Å². The second-order valence-electron chi connectivity index (χ2n) is 10.0. The van der Waals surface area contributed by atoms with Crippen molar-refractivity contribution in [2.45, 2.75) is 38.6 Å². The zero-order chi connectivity index (χ0) is 30.4. The molecule has 0 aliphatic heterocycles. The van der Waals surface area contributed by atoms with E-state index in [0.717, 1.165) is 17.7 Å². The molecule has 43 heavy (non-hydrogen) atoms. The average molecular weight is 587 g/mol. The minimum absolute atomic E-state index is 0.0291. The number of halogens is 2. The topological polar surface area (TPSA) is 121 Å². The zero-order valence-electron chi connectivity index (χ0n) is 23.3. The van der Waals surface area contributed by atoms with E-state index < -0.39 is 17.2 Å². The third-order valence-electron chi connectivity index (χ3n) is 6.42. The number of aliphatic hydroxyl groups is 1. The zero-order valence-corrected chi connectivity index (χ0v) is 23.3. The third kappa shape index (κ3) is 6.99. The number of rotatable bonds is 8. The molecule has 0 atom stereocenters. The van der Waals surface area contributed by atoms with Gasteiger partial charge in [0.05, 0.1) is 30.1 Å². The Balaban J connectivity index is 0.000000171. The number of ether oxygens (including phenoxy) is 1. The summed E-state index contributed by atoms with van der Waals surface area (Å²) >= 11 is 0. The van der Waals surface area contributed by atoms with E-state index in [4.69, 9.17) is 9.15 Å². The molecular formula is C31H28F2N6O4. The largest absolute Gasteiger partial charge is 0.491 e. The van der Waals surface area contributed by atoms with Crippen molar-refractivity contribution in [2.24, 2.45) is 0 Å². The van der Waals surface area contributed by atoms with Gasteiger partial charge in [0.1, 0.15) is 60.1 Å². The Labute approximate surface area is 244 Å². The monoisotopic (exact) mass is 586 g/mol. The number of hydrogen-bond acceptors (Lipinski definition) is 8. The lowest BCUT2D eigenvalue weighted by atomic mass is 9.93. The maximum atomic E-state index is 14.1. The van der Waals surface area contributed by atoms with Gasteiger partial charge in [0, 0.05) is 17.7 Å². The molecule has 3 heterocycles. The van der Waals surface area contributed by atoms with Crippen molar-refractivity contribution < 1.29 is 23.0 Å². The average Bonchev–Trinajstić information content (AvgIpc) is 3.68. The molecule has 3 aromatic heterocycles. The summed E-state index contributed by atoms with van der Waals surface area (Å²) in [5.74, 6) is -0.860. The van der Waals surface area contributed by atoms with Crippen molar-refractivity contribution >= 4 is 11.0 Å². The lowest BCUT2D eigenvalue weighted by molar-refractivity contribution is -0.00856. The molecule has 0 aliphatic rings. The second kappa shape index (κ2) is 12.7. The van der Waals surface area contributed by atoms with Crippen LogP contribution in [0.3, 0.4) is 0 Å². The SMILES string of the molecule is CC(C)Oc1ccc2c(=O)c(-c3ccccc3)coc2c1.OC(Cn1cncn1)(Cn1cncn1)c1ccc(F)cc1F.